The molecular formula is C27H41N5O4S. The van der Waals surface area contributed by atoms with Gasteiger partial charge in [0.05, 0.1) is 23.9 Å². The molecule has 0 bridgehead atoms. The molecule has 0 radical (unpaired) electrons. The molecule has 0 atom stereocenters. The Kier molecular flexibility index (Phi) is 10.7. The smallest absolute Gasteiger partial charge is 0.208 e. The zero-order valence-electron chi connectivity index (χ0n) is 22.4. The summed E-state index contributed by atoms with van der Waals surface area (Å²) >= 11 is 0. The number of rotatable bonds is 17. The van der Waals surface area contributed by atoms with Crippen LogP contribution in [0.1, 0.15) is 77.5 Å². The van der Waals surface area contributed by atoms with Crippen molar-refractivity contribution in [2.24, 2.45) is 0 Å². The number of nitrogen functional groups attached to an aromatic ring is 1. The number of aromatic nitrogens is 3. The van der Waals surface area contributed by atoms with Crippen LogP contribution in [0.2, 0.25) is 0 Å². The number of fused-ring (bicyclic) bond motifs is 3. The number of hydrogen-bond donors (Lipinski definition) is 2. The van der Waals surface area contributed by atoms with Crippen molar-refractivity contribution in [2.75, 3.05) is 25.1 Å². The Morgan fingerprint density at radius 1 is 1.08 bits per heavy atom. The zero-order chi connectivity index (χ0) is 26.8. The van der Waals surface area contributed by atoms with Gasteiger partial charge in [0.25, 0.3) is 0 Å². The van der Waals surface area contributed by atoms with E-state index in [4.69, 9.17) is 15.5 Å². The number of carbonyl (C=O) groups is 1. The monoisotopic (exact) mass is 531 g/mol. The van der Waals surface area contributed by atoms with E-state index in [1.807, 2.05) is 18.2 Å². The zero-order valence-corrected chi connectivity index (χ0v) is 23.2. The van der Waals surface area contributed by atoms with Gasteiger partial charge in [-0.05, 0) is 51.2 Å². The molecule has 3 aromatic rings. The van der Waals surface area contributed by atoms with Crippen molar-refractivity contribution in [1.29, 1.82) is 0 Å². The number of pyridine rings is 1. The van der Waals surface area contributed by atoms with Crippen molar-refractivity contribution < 1.29 is 17.9 Å². The molecule has 0 fully saturated rings. The van der Waals surface area contributed by atoms with Gasteiger partial charge in [0, 0.05) is 37.4 Å². The highest BCUT2D eigenvalue weighted by molar-refractivity contribution is 7.88. The van der Waals surface area contributed by atoms with Gasteiger partial charge in [-0.1, -0.05) is 26.2 Å². The Labute approximate surface area is 220 Å². The Hall–Kier alpha value is -2.72. The quantitative estimate of drug-likeness (QED) is 0.240. The summed E-state index contributed by atoms with van der Waals surface area (Å²) in [5.74, 6) is 2.40. The van der Waals surface area contributed by atoms with Crippen molar-refractivity contribution >= 4 is 43.6 Å². The SMILES string of the molecule is CCCc1nc2c(N)nc3cc(OCCCCCCCC(C)=O)ccc3c2n1CCCCNS(C)(=O)=O. The molecule has 0 saturated heterocycles. The van der Waals surface area contributed by atoms with E-state index in [0.29, 0.717) is 30.9 Å². The normalized spacial score (nSPS) is 12.0. The number of sulfonamides is 1. The van der Waals surface area contributed by atoms with E-state index in [1.165, 1.54) is 6.26 Å². The van der Waals surface area contributed by atoms with Crippen molar-refractivity contribution in [3.05, 3.63) is 24.0 Å². The number of ether oxygens (including phenoxy) is 1. The Morgan fingerprint density at radius 2 is 1.84 bits per heavy atom. The first-order valence-corrected chi connectivity index (χ1v) is 15.2. The van der Waals surface area contributed by atoms with Crippen molar-refractivity contribution in [3.63, 3.8) is 0 Å². The fourth-order valence-corrected chi connectivity index (χ4v) is 5.05. The predicted molar refractivity (Wildman–Crippen MR) is 149 cm³/mol. The number of hydrogen-bond acceptors (Lipinski definition) is 7. The highest BCUT2D eigenvalue weighted by Gasteiger charge is 2.17. The van der Waals surface area contributed by atoms with Crippen LogP contribution >= 0.6 is 0 Å². The molecule has 2 aromatic heterocycles. The van der Waals surface area contributed by atoms with Crippen LogP contribution in [-0.2, 0) is 27.8 Å². The highest BCUT2D eigenvalue weighted by Crippen LogP contribution is 2.31. The number of imidazole rings is 1. The molecule has 10 heteroatoms. The number of unbranched alkanes of at least 4 members (excludes halogenated alkanes) is 5. The van der Waals surface area contributed by atoms with E-state index < -0.39 is 10.0 Å². The molecule has 1 aromatic carbocycles. The van der Waals surface area contributed by atoms with Gasteiger partial charge in [0.2, 0.25) is 10.0 Å². The largest absolute Gasteiger partial charge is 0.494 e. The van der Waals surface area contributed by atoms with E-state index in [0.717, 1.165) is 92.3 Å². The van der Waals surface area contributed by atoms with Crippen LogP contribution < -0.4 is 15.2 Å². The number of nitrogens with two attached hydrogens (primary N) is 1. The molecular weight excluding hydrogens is 490 g/mol. The van der Waals surface area contributed by atoms with Crippen LogP contribution in [-0.4, -0.2) is 48.1 Å². The molecule has 37 heavy (non-hydrogen) atoms. The maximum Gasteiger partial charge on any atom is 0.208 e. The number of aryl methyl sites for hydroxylation is 2. The van der Waals surface area contributed by atoms with Gasteiger partial charge >= 0.3 is 0 Å². The minimum atomic E-state index is -3.18. The number of nitrogens with one attached hydrogen (secondary N) is 1. The van der Waals surface area contributed by atoms with Gasteiger partial charge in [0.15, 0.2) is 5.82 Å². The number of Topliss-reactive ketones (excluding diaryl/α,β-unsaturated/α-hetero) is 1. The lowest BCUT2D eigenvalue weighted by atomic mass is 10.1. The maximum absolute atomic E-state index is 11.3. The van der Waals surface area contributed by atoms with Gasteiger partial charge in [-0.25, -0.2) is 23.1 Å². The number of benzene rings is 1. The topological polar surface area (TPSA) is 129 Å². The summed E-state index contributed by atoms with van der Waals surface area (Å²) in [5, 5.41) is 0.978. The molecule has 2 heterocycles. The highest BCUT2D eigenvalue weighted by atomic mass is 32.2. The van der Waals surface area contributed by atoms with Crippen LogP contribution in [0.5, 0.6) is 5.75 Å². The summed E-state index contributed by atoms with van der Waals surface area (Å²) in [4.78, 5) is 20.5. The first-order chi connectivity index (χ1) is 17.7. The molecule has 0 aliphatic heterocycles. The standard InChI is InChI=1S/C27H41N5O4S/c1-4-12-24-31-25-26(32(24)17-10-9-16-29-37(3,34)35)22-15-14-21(19-23(22)30-27(25)28)36-18-11-7-5-6-8-13-20(2)33/h14-15,19,29H,4-13,16-18H2,1-3H3,(H2,28,30). The lowest BCUT2D eigenvalue weighted by Gasteiger charge is -2.12. The van der Waals surface area contributed by atoms with Crippen LogP contribution in [0.25, 0.3) is 21.9 Å². The summed E-state index contributed by atoms with van der Waals surface area (Å²) < 4.78 is 33.4. The molecule has 3 N–H and O–H groups in total. The molecule has 0 aliphatic rings. The lowest BCUT2D eigenvalue weighted by Crippen LogP contribution is -2.23. The number of ketones is 1. The number of carbonyl (C=O) groups excluding carboxylic acids is 1. The Morgan fingerprint density at radius 3 is 2.57 bits per heavy atom. The average molecular weight is 532 g/mol. The second kappa shape index (κ2) is 13.7. The van der Waals surface area contributed by atoms with E-state index in [9.17, 15) is 13.2 Å². The molecule has 9 nitrogen and oxygen atoms in total. The average Bonchev–Trinajstić information content (AvgIpc) is 3.19. The van der Waals surface area contributed by atoms with E-state index in [-0.39, 0.29) is 5.78 Å². The minimum absolute atomic E-state index is 0.262. The molecule has 3 rings (SSSR count). The van der Waals surface area contributed by atoms with Gasteiger partial charge in [-0.2, -0.15) is 0 Å². The third-order valence-electron chi connectivity index (χ3n) is 6.34. The first kappa shape index (κ1) is 28.8. The summed E-state index contributed by atoms with van der Waals surface area (Å²) in [6.45, 7) is 5.54. The predicted octanol–water partition coefficient (Wildman–Crippen LogP) is 4.76. The maximum atomic E-state index is 11.3. The second-order valence-electron chi connectivity index (χ2n) is 9.74. The minimum Gasteiger partial charge on any atom is -0.494 e. The Balaban J connectivity index is 1.70. The van der Waals surface area contributed by atoms with Crippen LogP contribution in [0.4, 0.5) is 5.82 Å². The van der Waals surface area contributed by atoms with Crippen molar-refractivity contribution in [3.8, 4) is 5.75 Å². The third-order valence-corrected chi connectivity index (χ3v) is 7.07. The van der Waals surface area contributed by atoms with Crippen LogP contribution in [0.15, 0.2) is 18.2 Å². The Bertz CT molecular complexity index is 1300. The van der Waals surface area contributed by atoms with E-state index in [2.05, 4.69) is 21.2 Å². The molecule has 204 valence electrons. The van der Waals surface area contributed by atoms with Crippen LogP contribution in [0, 0.1) is 0 Å². The van der Waals surface area contributed by atoms with Crippen LogP contribution in [0.3, 0.4) is 0 Å². The molecule has 0 amide bonds. The summed E-state index contributed by atoms with van der Waals surface area (Å²) in [5.41, 5.74) is 8.80. The third kappa shape index (κ3) is 8.67. The summed E-state index contributed by atoms with van der Waals surface area (Å²) in [6.07, 6.45) is 10.4. The fourth-order valence-electron chi connectivity index (χ4n) is 4.53. The molecule has 0 saturated carbocycles. The fraction of sp³-hybridized carbons (Fsp3) is 0.593. The first-order valence-electron chi connectivity index (χ1n) is 13.3. The van der Waals surface area contributed by atoms with Gasteiger partial charge in [-0.15, -0.1) is 0 Å². The van der Waals surface area contributed by atoms with Crippen molar-refractivity contribution in [1.82, 2.24) is 19.3 Å². The summed E-state index contributed by atoms with van der Waals surface area (Å²) in [7, 11) is -3.18. The lowest BCUT2D eigenvalue weighted by molar-refractivity contribution is -0.117. The van der Waals surface area contributed by atoms with Gasteiger partial charge in [0.1, 0.15) is 22.9 Å². The van der Waals surface area contributed by atoms with Gasteiger partial charge < -0.3 is 19.8 Å². The molecule has 0 aliphatic carbocycles. The number of nitrogens with zero attached hydrogens (tertiary/aromatic N) is 3. The van der Waals surface area contributed by atoms with E-state index in [1.54, 1.807) is 6.92 Å². The molecule has 0 unspecified atom stereocenters. The van der Waals surface area contributed by atoms with Crippen molar-refractivity contribution in [2.45, 2.75) is 84.6 Å². The second-order valence-corrected chi connectivity index (χ2v) is 11.6. The molecule has 0 spiro atoms. The summed E-state index contributed by atoms with van der Waals surface area (Å²) in [6, 6.07) is 5.94. The van der Waals surface area contributed by atoms with E-state index >= 15 is 0 Å². The van der Waals surface area contributed by atoms with Gasteiger partial charge in [-0.3, -0.25) is 0 Å². The number of anilines is 1.